The molecule has 6 heteroatoms. The lowest BCUT2D eigenvalue weighted by atomic mass is 10.3. The second-order valence-corrected chi connectivity index (χ2v) is 5.21. The minimum absolute atomic E-state index is 0.200. The summed E-state index contributed by atoms with van der Waals surface area (Å²) >= 11 is 0. The summed E-state index contributed by atoms with van der Waals surface area (Å²) in [5.41, 5.74) is 0.588. The van der Waals surface area contributed by atoms with Crippen LogP contribution in [-0.4, -0.2) is 29.0 Å². The summed E-state index contributed by atoms with van der Waals surface area (Å²) in [7, 11) is 0. The van der Waals surface area contributed by atoms with Crippen LogP contribution in [0.25, 0.3) is 0 Å². The standard InChI is InChI=1S/C17H21FN4O/c1-3-8-22(9-4-2)16-12-19-15(11-20-16)17(23)21-14-7-5-6-13(18)10-14/h5-7,10-12H,3-4,8-9H2,1-2H3,(H,21,23). The molecule has 0 atom stereocenters. The highest BCUT2D eigenvalue weighted by molar-refractivity contribution is 6.02. The van der Waals surface area contributed by atoms with Crippen LogP contribution in [0.5, 0.6) is 0 Å². The molecule has 0 fully saturated rings. The van der Waals surface area contributed by atoms with E-state index in [0.29, 0.717) is 5.69 Å². The smallest absolute Gasteiger partial charge is 0.275 e. The topological polar surface area (TPSA) is 58.1 Å². The molecule has 1 heterocycles. The molecule has 0 aliphatic rings. The van der Waals surface area contributed by atoms with Crippen molar-refractivity contribution < 1.29 is 9.18 Å². The molecule has 0 bridgehead atoms. The SMILES string of the molecule is CCCN(CCC)c1cnc(C(=O)Nc2cccc(F)c2)cn1. The largest absolute Gasteiger partial charge is 0.355 e. The maximum atomic E-state index is 13.1. The second-order valence-electron chi connectivity index (χ2n) is 5.21. The van der Waals surface area contributed by atoms with E-state index in [-0.39, 0.29) is 5.69 Å². The van der Waals surface area contributed by atoms with E-state index in [4.69, 9.17) is 0 Å². The number of halogens is 1. The van der Waals surface area contributed by atoms with E-state index in [2.05, 4.69) is 34.0 Å². The average Bonchev–Trinajstić information content (AvgIpc) is 2.55. The van der Waals surface area contributed by atoms with Crippen LogP contribution in [0.15, 0.2) is 36.7 Å². The molecule has 0 unspecified atom stereocenters. The Morgan fingerprint density at radius 2 is 1.91 bits per heavy atom. The Bertz CT molecular complexity index is 639. The predicted octanol–water partition coefficient (Wildman–Crippen LogP) is 3.49. The van der Waals surface area contributed by atoms with Gasteiger partial charge in [0.25, 0.3) is 5.91 Å². The molecule has 0 radical (unpaired) electrons. The van der Waals surface area contributed by atoms with Crippen LogP contribution in [-0.2, 0) is 0 Å². The van der Waals surface area contributed by atoms with Gasteiger partial charge in [-0.3, -0.25) is 4.79 Å². The zero-order valence-electron chi connectivity index (χ0n) is 13.4. The summed E-state index contributed by atoms with van der Waals surface area (Å²) in [5.74, 6) is -0.0535. The maximum Gasteiger partial charge on any atom is 0.275 e. The van der Waals surface area contributed by atoms with E-state index in [0.717, 1.165) is 31.7 Å². The normalized spacial score (nSPS) is 10.4. The Kier molecular flexibility index (Phi) is 6.02. The van der Waals surface area contributed by atoms with Crippen LogP contribution < -0.4 is 10.2 Å². The summed E-state index contributed by atoms with van der Waals surface area (Å²) in [5, 5.41) is 2.60. The highest BCUT2D eigenvalue weighted by Gasteiger charge is 2.11. The van der Waals surface area contributed by atoms with Gasteiger partial charge in [0.15, 0.2) is 0 Å². The lowest BCUT2D eigenvalue weighted by Crippen LogP contribution is -2.26. The number of anilines is 2. The van der Waals surface area contributed by atoms with Crippen LogP contribution in [0, 0.1) is 5.82 Å². The first-order valence-corrected chi connectivity index (χ1v) is 7.78. The molecule has 0 aliphatic heterocycles. The van der Waals surface area contributed by atoms with Gasteiger partial charge in [0.1, 0.15) is 17.3 Å². The van der Waals surface area contributed by atoms with Crippen molar-refractivity contribution in [3.8, 4) is 0 Å². The quantitative estimate of drug-likeness (QED) is 0.849. The van der Waals surface area contributed by atoms with Gasteiger partial charge in [0, 0.05) is 18.8 Å². The molecular formula is C17H21FN4O. The number of nitrogens with one attached hydrogen (secondary N) is 1. The maximum absolute atomic E-state index is 13.1. The number of aromatic nitrogens is 2. The van der Waals surface area contributed by atoms with Crippen LogP contribution in [0.4, 0.5) is 15.9 Å². The molecule has 0 saturated carbocycles. The highest BCUT2D eigenvalue weighted by Crippen LogP contribution is 2.13. The molecule has 1 aromatic heterocycles. The number of carbonyl (C=O) groups is 1. The Balaban J connectivity index is 2.07. The number of amides is 1. The number of hydrogen-bond acceptors (Lipinski definition) is 4. The second kappa shape index (κ2) is 8.22. The fourth-order valence-electron chi connectivity index (χ4n) is 2.24. The molecule has 2 aromatic rings. The average molecular weight is 316 g/mol. The highest BCUT2D eigenvalue weighted by atomic mass is 19.1. The molecular weight excluding hydrogens is 295 g/mol. The third-order valence-electron chi connectivity index (χ3n) is 3.26. The Labute approximate surface area is 135 Å². The summed E-state index contributed by atoms with van der Waals surface area (Å²) < 4.78 is 13.1. The molecule has 0 aliphatic carbocycles. The predicted molar refractivity (Wildman–Crippen MR) is 89.2 cm³/mol. The van der Waals surface area contributed by atoms with Crippen LogP contribution >= 0.6 is 0 Å². The molecule has 1 aromatic carbocycles. The number of hydrogen-bond donors (Lipinski definition) is 1. The van der Waals surface area contributed by atoms with E-state index in [1.807, 2.05) is 0 Å². The van der Waals surface area contributed by atoms with Crippen molar-refractivity contribution in [1.29, 1.82) is 0 Å². The number of rotatable bonds is 7. The van der Waals surface area contributed by atoms with Gasteiger partial charge < -0.3 is 10.2 Å². The van der Waals surface area contributed by atoms with Crippen molar-refractivity contribution in [3.63, 3.8) is 0 Å². The molecule has 1 amide bonds. The van der Waals surface area contributed by atoms with Gasteiger partial charge in [-0.1, -0.05) is 19.9 Å². The van der Waals surface area contributed by atoms with Gasteiger partial charge >= 0.3 is 0 Å². The third kappa shape index (κ3) is 4.74. The first kappa shape index (κ1) is 16.9. The summed E-state index contributed by atoms with van der Waals surface area (Å²) in [6.45, 7) is 6.02. The van der Waals surface area contributed by atoms with Gasteiger partial charge in [-0.05, 0) is 31.0 Å². The minimum atomic E-state index is -0.410. The molecule has 122 valence electrons. The molecule has 23 heavy (non-hydrogen) atoms. The van der Waals surface area contributed by atoms with Crippen LogP contribution in [0.1, 0.15) is 37.2 Å². The van der Waals surface area contributed by atoms with Crippen molar-refractivity contribution in [2.24, 2.45) is 0 Å². The lowest BCUT2D eigenvalue weighted by Gasteiger charge is -2.22. The van der Waals surface area contributed by atoms with Crippen LogP contribution in [0.2, 0.25) is 0 Å². The number of carbonyl (C=O) groups excluding carboxylic acids is 1. The lowest BCUT2D eigenvalue weighted by molar-refractivity contribution is 0.102. The summed E-state index contributed by atoms with van der Waals surface area (Å²) in [4.78, 5) is 22.7. The molecule has 1 N–H and O–H groups in total. The van der Waals surface area contributed by atoms with Gasteiger partial charge in [0.05, 0.1) is 12.4 Å². The van der Waals surface area contributed by atoms with Gasteiger partial charge in [-0.15, -0.1) is 0 Å². The monoisotopic (exact) mass is 316 g/mol. The Morgan fingerprint density at radius 3 is 2.48 bits per heavy atom. The number of benzene rings is 1. The third-order valence-corrected chi connectivity index (χ3v) is 3.26. The van der Waals surface area contributed by atoms with Crippen molar-refractivity contribution in [2.45, 2.75) is 26.7 Å². The zero-order valence-corrected chi connectivity index (χ0v) is 13.4. The minimum Gasteiger partial charge on any atom is -0.355 e. The van der Waals surface area contributed by atoms with Crippen molar-refractivity contribution in [2.75, 3.05) is 23.3 Å². The first-order chi connectivity index (χ1) is 11.1. The van der Waals surface area contributed by atoms with E-state index in [9.17, 15) is 9.18 Å². The van der Waals surface area contributed by atoms with Crippen molar-refractivity contribution in [1.82, 2.24) is 9.97 Å². The van der Waals surface area contributed by atoms with Crippen molar-refractivity contribution in [3.05, 3.63) is 48.2 Å². The summed E-state index contributed by atoms with van der Waals surface area (Å²) in [6, 6.07) is 5.73. The molecule has 0 saturated heterocycles. The fourth-order valence-corrected chi connectivity index (χ4v) is 2.24. The van der Waals surface area contributed by atoms with Crippen LogP contribution in [0.3, 0.4) is 0 Å². The van der Waals surface area contributed by atoms with Gasteiger partial charge in [-0.2, -0.15) is 0 Å². The van der Waals surface area contributed by atoms with Crippen molar-refractivity contribution >= 4 is 17.4 Å². The van der Waals surface area contributed by atoms with Gasteiger partial charge in [0.2, 0.25) is 0 Å². The first-order valence-electron chi connectivity index (χ1n) is 7.78. The van der Waals surface area contributed by atoms with E-state index < -0.39 is 11.7 Å². The summed E-state index contributed by atoms with van der Waals surface area (Å²) in [6.07, 6.45) is 5.08. The number of nitrogens with zero attached hydrogens (tertiary/aromatic N) is 3. The molecule has 2 rings (SSSR count). The van der Waals surface area contributed by atoms with E-state index in [1.54, 1.807) is 12.3 Å². The van der Waals surface area contributed by atoms with E-state index in [1.165, 1.54) is 24.4 Å². The zero-order chi connectivity index (χ0) is 16.7. The molecule has 0 spiro atoms. The van der Waals surface area contributed by atoms with E-state index >= 15 is 0 Å². The Morgan fingerprint density at radius 1 is 1.17 bits per heavy atom. The molecule has 5 nitrogen and oxygen atoms in total. The van der Waals surface area contributed by atoms with Gasteiger partial charge in [-0.25, -0.2) is 14.4 Å². The fraction of sp³-hybridized carbons (Fsp3) is 0.353. The Hall–Kier alpha value is -2.50.